The van der Waals surface area contributed by atoms with Crippen LogP contribution in [0, 0.1) is 5.82 Å². The zero-order valence-electron chi connectivity index (χ0n) is 14.2. The second-order valence-electron chi connectivity index (χ2n) is 6.85. The van der Waals surface area contributed by atoms with Crippen molar-refractivity contribution in [2.75, 3.05) is 19.7 Å². The summed E-state index contributed by atoms with van der Waals surface area (Å²) in [6, 6.07) is 15.0. The largest absolute Gasteiger partial charge is 0.371 e. The topological polar surface area (TPSA) is 58.6 Å². The van der Waals surface area contributed by atoms with E-state index in [4.69, 9.17) is 4.74 Å². The van der Waals surface area contributed by atoms with E-state index in [-0.39, 0.29) is 23.1 Å². The van der Waals surface area contributed by atoms with Crippen molar-refractivity contribution in [2.24, 2.45) is 0 Å². The number of nitrogens with zero attached hydrogens (tertiary/aromatic N) is 1. The van der Waals surface area contributed by atoms with Crippen molar-refractivity contribution in [3.05, 3.63) is 66.0 Å². The van der Waals surface area contributed by atoms with E-state index in [2.05, 4.69) is 21.8 Å². The molecule has 2 heterocycles. The van der Waals surface area contributed by atoms with Crippen molar-refractivity contribution in [2.45, 2.75) is 29.5 Å². The molecule has 2 saturated heterocycles. The zero-order chi connectivity index (χ0) is 18.1. The fourth-order valence-electron chi connectivity index (χ4n) is 3.73. The average molecular weight is 376 g/mol. The SMILES string of the molecule is O=S(=O)(N[C@H]1C[C@H]2CO[C@@H](c3ccccc3)CN2C1)c1ccc(F)cc1. The minimum Gasteiger partial charge on any atom is -0.371 e. The molecular weight excluding hydrogens is 355 g/mol. The lowest BCUT2D eigenvalue weighted by Crippen LogP contribution is -2.43. The van der Waals surface area contributed by atoms with Gasteiger partial charge >= 0.3 is 0 Å². The van der Waals surface area contributed by atoms with Crippen molar-refractivity contribution in [3.8, 4) is 0 Å². The summed E-state index contributed by atoms with van der Waals surface area (Å²) in [5, 5.41) is 0. The number of halogens is 1. The van der Waals surface area contributed by atoms with E-state index in [9.17, 15) is 12.8 Å². The van der Waals surface area contributed by atoms with Gasteiger partial charge in [-0.2, -0.15) is 0 Å². The van der Waals surface area contributed by atoms with Crippen LogP contribution in [0.3, 0.4) is 0 Å². The number of rotatable bonds is 4. The molecule has 2 aliphatic heterocycles. The average Bonchev–Trinajstić information content (AvgIpc) is 3.03. The summed E-state index contributed by atoms with van der Waals surface area (Å²) in [6.07, 6.45) is 0.724. The highest BCUT2D eigenvalue weighted by atomic mass is 32.2. The van der Waals surface area contributed by atoms with Crippen molar-refractivity contribution >= 4 is 10.0 Å². The van der Waals surface area contributed by atoms with E-state index in [0.29, 0.717) is 19.6 Å². The Morgan fingerprint density at radius 1 is 1.04 bits per heavy atom. The molecule has 1 N–H and O–H groups in total. The first-order chi connectivity index (χ1) is 12.5. The first-order valence-corrected chi connectivity index (χ1v) is 10.2. The number of hydrogen-bond donors (Lipinski definition) is 1. The van der Waals surface area contributed by atoms with E-state index >= 15 is 0 Å². The van der Waals surface area contributed by atoms with Crippen LogP contribution in [0.2, 0.25) is 0 Å². The van der Waals surface area contributed by atoms with Crippen molar-refractivity contribution in [1.82, 2.24) is 9.62 Å². The van der Waals surface area contributed by atoms with Crippen LogP contribution in [0.4, 0.5) is 4.39 Å². The maximum atomic E-state index is 13.0. The molecule has 2 aromatic rings. The Kier molecular flexibility index (Phi) is 4.79. The lowest BCUT2D eigenvalue weighted by atomic mass is 10.1. The highest BCUT2D eigenvalue weighted by molar-refractivity contribution is 7.89. The molecule has 138 valence electrons. The van der Waals surface area contributed by atoms with E-state index in [0.717, 1.165) is 24.2 Å². The van der Waals surface area contributed by atoms with Crippen LogP contribution >= 0.6 is 0 Å². The number of benzene rings is 2. The van der Waals surface area contributed by atoms with Crippen LogP contribution in [0.15, 0.2) is 59.5 Å². The van der Waals surface area contributed by atoms with E-state index < -0.39 is 15.8 Å². The molecule has 7 heteroatoms. The number of sulfonamides is 1. The van der Waals surface area contributed by atoms with Gasteiger partial charge in [0.15, 0.2) is 0 Å². The lowest BCUT2D eigenvalue weighted by molar-refractivity contribution is -0.0502. The number of fused-ring (bicyclic) bond motifs is 1. The van der Waals surface area contributed by atoms with Gasteiger partial charge in [-0.05, 0) is 36.2 Å². The van der Waals surface area contributed by atoms with E-state index in [1.165, 1.54) is 12.1 Å². The molecule has 2 aliphatic rings. The standard InChI is InChI=1S/C19H21FN2O3S/c20-15-6-8-18(9-7-15)26(23,24)21-16-10-17-13-25-19(12-22(17)11-16)14-4-2-1-3-5-14/h1-9,16-17,19,21H,10-13H2/t16-,17-,19+/m0/s1. The van der Waals surface area contributed by atoms with Crippen LogP contribution in [-0.4, -0.2) is 45.1 Å². The minimum absolute atomic E-state index is 0.0138. The molecule has 0 unspecified atom stereocenters. The highest BCUT2D eigenvalue weighted by Crippen LogP contribution is 2.30. The van der Waals surface area contributed by atoms with Gasteiger partial charge < -0.3 is 4.74 Å². The molecule has 0 saturated carbocycles. The van der Waals surface area contributed by atoms with Gasteiger partial charge in [0.2, 0.25) is 10.0 Å². The van der Waals surface area contributed by atoms with Gasteiger partial charge in [-0.15, -0.1) is 0 Å². The van der Waals surface area contributed by atoms with Gasteiger partial charge in [-0.25, -0.2) is 17.5 Å². The molecule has 2 aromatic carbocycles. The molecule has 26 heavy (non-hydrogen) atoms. The molecule has 0 aromatic heterocycles. The summed E-state index contributed by atoms with van der Waals surface area (Å²) < 4.78 is 46.8. The highest BCUT2D eigenvalue weighted by Gasteiger charge is 2.39. The number of morpholine rings is 1. The van der Waals surface area contributed by atoms with Gasteiger partial charge in [0, 0.05) is 25.2 Å². The lowest BCUT2D eigenvalue weighted by Gasteiger charge is -2.35. The Hall–Kier alpha value is -1.80. The minimum atomic E-state index is -3.65. The van der Waals surface area contributed by atoms with Crippen molar-refractivity contribution < 1.29 is 17.5 Å². The number of ether oxygens (including phenoxy) is 1. The first kappa shape index (κ1) is 17.6. The normalized spacial score (nSPS) is 26.6. The fraction of sp³-hybridized carbons (Fsp3) is 0.368. The molecule has 0 bridgehead atoms. The van der Waals surface area contributed by atoms with E-state index in [1.54, 1.807) is 0 Å². The third kappa shape index (κ3) is 3.66. The van der Waals surface area contributed by atoms with E-state index in [1.807, 2.05) is 18.2 Å². The molecule has 0 radical (unpaired) electrons. The van der Waals surface area contributed by atoms with Crippen LogP contribution in [0.1, 0.15) is 18.1 Å². The first-order valence-electron chi connectivity index (χ1n) is 8.70. The second-order valence-corrected chi connectivity index (χ2v) is 8.56. The summed E-state index contributed by atoms with van der Waals surface area (Å²) in [7, 11) is -3.65. The molecular formula is C19H21FN2O3S. The van der Waals surface area contributed by atoms with Gasteiger partial charge in [-0.1, -0.05) is 30.3 Å². The van der Waals surface area contributed by atoms with Gasteiger partial charge in [-0.3, -0.25) is 4.90 Å². The van der Waals surface area contributed by atoms with Crippen LogP contribution in [0.5, 0.6) is 0 Å². The van der Waals surface area contributed by atoms with Gasteiger partial charge in [0.05, 0.1) is 17.6 Å². The van der Waals surface area contributed by atoms with Crippen LogP contribution in [-0.2, 0) is 14.8 Å². The molecule has 3 atom stereocenters. The number of hydrogen-bond acceptors (Lipinski definition) is 4. The predicted octanol–water partition coefficient (Wildman–Crippen LogP) is 2.32. The van der Waals surface area contributed by atoms with Crippen molar-refractivity contribution in [3.63, 3.8) is 0 Å². The quantitative estimate of drug-likeness (QED) is 0.890. The van der Waals surface area contributed by atoms with Crippen LogP contribution in [0.25, 0.3) is 0 Å². The summed E-state index contributed by atoms with van der Waals surface area (Å²) in [5.41, 5.74) is 1.14. The third-order valence-electron chi connectivity index (χ3n) is 5.04. The molecule has 2 fully saturated rings. The van der Waals surface area contributed by atoms with Crippen molar-refractivity contribution in [1.29, 1.82) is 0 Å². The second kappa shape index (κ2) is 7.08. The molecule has 0 aliphatic carbocycles. The fourth-order valence-corrected chi connectivity index (χ4v) is 4.97. The monoisotopic (exact) mass is 376 g/mol. The molecule has 4 rings (SSSR count). The third-order valence-corrected chi connectivity index (χ3v) is 6.57. The Balaban J connectivity index is 1.41. The van der Waals surface area contributed by atoms with Gasteiger partial charge in [0.1, 0.15) is 5.82 Å². The Bertz CT molecular complexity index is 858. The Morgan fingerprint density at radius 3 is 2.50 bits per heavy atom. The zero-order valence-corrected chi connectivity index (χ0v) is 15.0. The maximum Gasteiger partial charge on any atom is 0.240 e. The van der Waals surface area contributed by atoms with Crippen LogP contribution < -0.4 is 4.72 Å². The summed E-state index contributed by atoms with van der Waals surface area (Å²) in [4.78, 5) is 2.38. The smallest absolute Gasteiger partial charge is 0.240 e. The molecule has 0 spiro atoms. The van der Waals surface area contributed by atoms with Gasteiger partial charge in [0.25, 0.3) is 0 Å². The summed E-state index contributed by atoms with van der Waals surface area (Å²) in [5.74, 6) is -0.453. The molecule has 5 nitrogen and oxygen atoms in total. The maximum absolute atomic E-state index is 13.0. The number of nitrogens with one attached hydrogen (secondary N) is 1. The molecule has 0 amide bonds. The summed E-state index contributed by atoms with van der Waals surface area (Å²) in [6.45, 7) is 2.00. The summed E-state index contributed by atoms with van der Waals surface area (Å²) >= 11 is 0. The Morgan fingerprint density at radius 2 is 1.77 bits per heavy atom. The Labute approximate surface area is 152 Å². The predicted molar refractivity (Wildman–Crippen MR) is 95.6 cm³/mol.